The molecule has 1 N–H and O–H groups in total. The van der Waals surface area contributed by atoms with E-state index < -0.39 is 17.7 Å². The summed E-state index contributed by atoms with van der Waals surface area (Å²) < 4.78 is 18.4. The molecule has 0 spiro atoms. The first-order valence-corrected chi connectivity index (χ1v) is 15.1. The fraction of sp³-hybridized carbons (Fsp3) is 0.303. The molecule has 1 amide bonds. The molecule has 3 aromatic carbocycles. The molecule has 1 atom stereocenters. The van der Waals surface area contributed by atoms with Gasteiger partial charge in [0.1, 0.15) is 11.5 Å². The van der Waals surface area contributed by atoms with E-state index in [1.165, 1.54) is 16.2 Å². The Morgan fingerprint density at radius 2 is 1.69 bits per heavy atom. The van der Waals surface area contributed by atoms with Gasteiger partial charge >= 0.3 is 5.91 Å². The van der Waals surface area contributed by atoms with Gasteiger partial charge in [-0.05, 0) is 56.2 Å². The van der Waals surface area contributed by atoms with Crippen molar-refractivity contribution in [1.29, 1.82) is 0 Å². The van der Waals surface area contributed by atoms with Crippen LogP contribution in [-0.4, -0.2) is 41.6 Å². The van der Waals surface area contributed by atoms with Crippen LogP contribution >= 0.6 is 11.3 Å². The highest BCUT2D eigenvalue weighted by molar-refractivity contribution is 7.22. The standard InChI is InChI=1S/C33H34N2O6S/c1-4-7-11-18-41-25-17-14-22(19-26(25)40-6-3)29-28(30(36)21-12-9-8-10-13-21)31(37)32(38)35(29)33-34-24-16-15-23(39-5-2)20-27(24)42-33/h8-10,12-17,19-20,29,36H,4-7,11,18H2,1-3H3. The Labute approximate surface area is 249 Å². The number of nitrogens with zero attached hydrogens (tertiary/aromatic N) is 2. The number of anilines is 1. The number of carbonyl (C=O) groups excluding carboxylic acids is 2. The molecule has 4 aromatic rings. The van der Waals surface area contributed by atoms with Crippen molar-refractivity contribution in [2.24, 2.45) is 0 Å². The van der Waals surface area contributed by atoms with Crippen LogP contribution in [0.2, 0.25) is 0 Å². The van der Waals surface area contributed by atoms with Crippen molar-refractivity contribution in [3.8, 4) is 17.2 Å². The maximum absolute atomic E-state index is 13.7. The topological polar surface area (TPSA) is 98.2 Å². The van der Waals surface area contributed by atoms with E-state index in [1.807, 2.05) is 38.1 Å². The van der Waals surface area contributed by atoms with Crippen molar-refractivity contribution in [2.75, 3.05) is 24.7 Å². The first kappa shape index (κ1) is 29.1. The molecule has 1 aliphatic rings. The van der Waals surface area contributed by atoms with Crippen LogP contribution in [0.3, 0.4) is 0 Å². The summed E-state index contributed by atoms with van der Waals surface area (Å²) in [6, 6.07) is 18.7. The Morgan fingerprint density at radius 1 is 0.905 bits per heavy atom. The molecule has 42 heavy (non-hydrogen) atoms. The van der Waals surface area contributed by atoms with E-state index in [1.54, 1.807) is 42.5 Å². The largest absolute Gasteiger partial charge is 0.507 e. The highest BCUT2D eigenvalue weighted by Crippen LogP contribution is 2.46. The number of amides is 1. The van der Waals surface area contributed by atoms with Gasteiger partial charge in [-0.3, -0.25) is 14.5 Å². The molecule has 8 nitrogen and oxygen atoms in total. The number of Topliss-reactive ketones (excluding diaryl/α,β-unsaturated/α-hetero) is 1. The number of aliphatic hydroxyl groups excluding tert-OH is 1. The number of aliphatic hydroxyl groups is 1. The molecule has 218 valence electrons. The summed E-state index contributed by atoms with van der Waals surface area (Å²) in [6.07, 6.45) is 3.06. The van der Waals surface area contributed by atoms with Crippen LogP contribution in [0.15, 0.2) is 72.3 Å². The number of ketones is 1. The summed E-state index contributed by atoms with van der Waals surface area (Å²) in [5.41, 5.74) is 1.69. The Hall–Kier alpha value is -4.37. The van der Waals surface area contributed by atoms with Crippen molar-refractivity contribution in [3.05, 3.63) is 83.4 Å². The lowest BCUT2D eigenvalue weighted by atomic mass is 9.95. The molecule has 0 aliphatic carbocycles. The predicted octanol–water partition coefficient (Wildman–Crippen LogP) is 7.29. The van der Waals surface area contributed by atoms with E-state index in [-0.39, 0.29) is 11.3 Å². The zero-order chi connectivity index (χ0) is 29.6. The van der Waals surface area contributed by atoms with Gasteiger partial charge in [0, 0.05) is 5.56 Å². The third-order valence-corrected chi connectivity index (χ3v) is 7.96. The lowest BCUT2D eigenvalue weighted by molar-refractivity contribution is -0.132. The predicted molar refractivity (Wildman–Crippen MR) is 165 cm³/mol. The minimum absolute atomic E-state index is 0.0143. The molecular weight excluding hydrogens is 552 g/mol. The highest BCUT2D eigenvalue weighted by Gasteiger charge is 2.48. The van der Waals surface area contributed by atoms with Crippen LogP contribution in [0.1, 0.15) is 57.2 Å². The summed E-state index contributed by atoms with van der Waals surface area (Å²) in [6.45, 7) is 7.40. The number of aromatic nitrogens is 1. The number of carbonyl (C=O) groups is 2. The normalized spacial score (nSPS) is 16.3. The SMILES string of the molecule is CCCCCOc1ccc(C2C(=C(O)c3ccccc3)C(=O)C(=O)N2c2nc3ccc(OCC)cc3s2)cc1OCC. The maximum Gasteiger partial charge on any atom is 0.301 e. The van der Waals surface area contributed by atoms with Gasteiger partial charge in [-0.2, -0.15) is 0 Å². The number of hydrogen-bond acceptors (Lipinski definition) is 8. The maximum atomic E-state index is 13.7. The number of rotatable bonds is 12. The van der Waals surface area contributed by atoms with Gasteiger partial charge in [-0.25, -0.2) is 4.98 Å². The number of hydrogen-bond donors (Lipinski definition) is 1. The molecule has 1 unspecified atom stereocenters. The minimum Gasteiger partial charge on any atom is -0.507 e. The zero-order valence-corrected chi connectivity index (χ0v) is 24.8. The Balaban J connectivity index is 1.64. The van der Waals surface area contributed by atoms with Crippen LogP contribution in [0.4, 0.5) is 5.13 Å². The second-order valence-electron chi connectivity index (χ2n) is 9.79. The van der Waals surface area contributed by atoms with Gasteiger partial charge in [0.25, 0.3) is 5.78 Å². The molecule has 0 bridgehead atoms. The molecule has 1 fully saturated rings. The van der Waals surface area contributed by atoms with Crippen LogP contribution in [0.25, 0.3) is 16.0 Å². The van der Waals surface area contributed by atoms with Crippen LogP contribution in [0.5, 0.6) is 17.2 Å². The first-order chi connectivity index (χ1) is 20.5. The summed E-state index contributed by atoms with van der Waals surface area (Å²) in [7, 11) is 0. The molecule has 9 heteroatoms. The quantitative estimate of drug-likeness (QED) is 0.0806. The smallest absolute Gasteiger partial charge is 0.301 e. The average Bonchev–Trinajstić information content (AvgIpc) is 3.53. The third-order valence-electron chi connectivity index (χ3n) is 6.95. The summed E-state index contributed by atoms with van der Waals surface area (Å²) >= 11 is 1.28. The summed E-state index contributed by atoms with van der Waals surface area (Å²) in [4.78, 5) is 33.4. The summed E-state index contributed by atoms with van der Waals surface area (Å²) in [5, 5.41) is 11.8. The van der Waals surface area contributed by atoms with Gasteiger partial charge < -0.3 is 19.3 Å². The lowest BCUT2D eigenvalue weighted by Gasteiger charge is -2.24. The fourth-order valence-electron chi connectivity index (χ4n) is 4.97. The lowest BCUT2D eigenvalue weighted by Crippen LogP contribution is -2.29. The fourth-order valence-corrected chi connectivity index (χ4v) is 5.99. The average molecular weight is 587 g/mol. The Morgan fingerprint density at radius 3 is 2.43 bits per heavy atom. The first-order valence-electron chi connectivity index (χ1n) is 14.3. The van der Waals surface area contributed by atoms with E-state index in [4.69, 9.17) is 19.2 Å². The minimum atomic E-state index is -0.939. The van der Waals surface area contributed by atoms with Crippen molar-refractivity contribution >= 4 is 44.1 Å². The van der Waals surface area contributed by atoms with Crippen molar-refractivity contribution in [3.63, 3.8) is 0 Å². The monoisotopic (exact) mass is 586 g/mol. The Kier molecular flexibility index (Phi) is 9.07. The molecule has 0 radical (unpaired) electrons. The van der Waals surface area contributed by atoms with E-state index in [0.717, 1.165) is 24.0 Å². The van der Waals surface area contributed by atoms with Gasteiger partial charge in [-0.15, -0.1) is 0 Å². The van der Waals surface area contributed by atoms with E-state index in [2.05, 4.69) is 6.92 Å². The number of thiazole rings is 1. The van der Waals surface area contributed by atoms with Gasteiger partial charge in [0.15, 0.2) is 16.6 Å². The zero-order valence-electron chi connectivity index (χ0n) is 24.0. The van der Waals surface area contributed by atoms with Crippen LogP contribution < -0.4 is 19.1 Å². The summed E-state index contributed by atoms with van der Waals surface area (Å²) in [5.74, 6) is -0.0201. The van der Waals surface area contributed by atoms with Gasteiger partial charge in [0.2, 0.25) is 0 Å². The van der Waals surface area contributed by atoms with Gasteiger partial charge in [0.05, 0.1) is 41.7 Å². The van der Waals surface area contributed by atoms with Gasteiger partial charge in [-0.1, -0.05) is 67.5 Å². The molecule has 5 rings (SSSR count). The molecule has 1 aromatic heterocycles. The molecule has 2 heterocycles. The molecule has 1 saturated heterocycles. The van der Waals surface area contributed by atoms with Crippen molar-refractivity contribution in [2.45, 2.75) is 46.1 Å². The van der Waals surface area contributed by atoms with E-state index >= 15 is 0 Å². The second-order valence-corrected chi connectivity index (χ2v) is 10.8. The van der Waals surface area contributed by atoms with E-state index in [0.29, 0.717) is 58.8 Å². The Bertz CT molecular complexity index is 1610. The van der Waals surface area contributed by atoms with Crippen molar-refractivity contribution in [1.82, 2.24) is 4.98 Å². The number of unbranched alkanes of at least 4 members (excludes halogenated alkanes) is 2. The van der Waals surface area contributed by atoms with Crippen LogP contribution in [-0.2, 0) is 9.59 Å². The number of ether oxygens (including phenoxy) is 3. The third kappa shape index (κ3) is 5.83. The molecule has 1 aliphatic heterocycles. The second kappa shape index (κ2) is 13.1. The van der Waals surface area contributed by atoms with Crippen LogP contribution in [0, 0.1) is 0 Å². The number of fused-ring (bicyclic) bond motifs is 1. The highest BCUT2D eigenvalue weighted by atomic mass is 32.1. The molecular formula is C33H34N2O6S. The van der Waals surface area contributed by atoms with E-state index in [9.17, 15) is 14.7 Å². The molecule has 0 saturated carbocycles. The van der Waals surface area contributed by atoms with Crippen molar-refractivity contribution < 1.29 is 28.9 Å². The number of benzene rings is 3.